The fourth-order valence-electron chi connectivity index (χ4n) is 8.49. The summed E-state index contributed by atoms with van der Waals surface area (Å²) in [5.74, 6) is -0.109. The molecule has 0 bridgehead atoms. The number of rotatable bonds is 14. The van der Waals surface area contributed by atoms with Gasteiger partial charge >= 0.3 is 11.5 Å². The molecule has 2 saturated heterocycles. The predicted molar refractivity (Wildman–Crippen MR) is 302 cm³/mol. The molecule has 0 spiro atoms. The van der Waals surface area contributed by atoms with Gasteiger partial charge in [-0.2, -0.15) is 0 Å². The summed E-state index contributed by atoms with van der Waals surface area (Å²) in [6, 6.07) is 25.7. The van der Waals surface area contributed by atoms with E-state index in [0.717, 1.165) is 59.4 Å². The number of aryl methyl sites for hydroxylation is 2. The zero-order valence-electron chi connectivity index (χ0n) is 44.1. The number of carbonyl (C=O) groups excluding carboxylic acids is 6. The summed E-state index contributed by atoms with van der Waals surface area (Å²) in [6.45, 7) is 11.0. The second kappa shape index (κ2) is 28.1. The number of para-hydroxylation sites is 4. The van der Waals surface area contributed by atoms with E-state index in [-0.39, 0.29) is 65.4 Å². The largest absolute Gasteiger partial charge is 0.490 e. The minimum Gasteiger partial charge on any atom is -0.490 e. The van der Waals surface area contributed by atoms with Gasteiger partial charge in [-0.1, -0.05) is 24.3 Å². The minimum absolute atomic E-state index is 0. The van der Waals surface area contributed by atoms with Crippen LogP contribution >= 0.6 is 24.0 Å². The first-order chi connectivity index (χ1) is 38.2. The Labute approximate surface area is 469 Å². The maximum atomic E-state index is 13.0. The maximum absolute atomic E-state index is 13.0. The van der Waals surface area contributed by atoms with E-state index in [1.54, 1.807) is 36.9 Å². The van der Waals surface area contributed by atoms with Crippen LogP contribution in [0, 0.1) is 13.8 Å². The van der Waals surface area contributed by atoms with Gasteiger partial charge in [0.2, 0.25) is 11.9 Å². The normalized spacial score (nSPS) is 13.3. The first kappa shape index (κ1) is 58.7. The van der Waals surface area contributed by atoms with Crippen molar-refractivity contribution >= 4 is 104 Å². The lowest BCUT2D eigenvalue weighted by Gasteiger charge is -2.31. The molecule has 0 atom stereocenters. The summed E-state index contributed by atoms with van der Waals surface area (Å²) in [7, 11) is 0. The van der Waals surface area contributed by atoms with Crippen LogP contribution < -0.4 is 36.1 Å². The average Bonchev–Trinajstić information content (AvgIpc) is 4.28. The molecule has 0 saturated carbocycles. The molecule has 9 N–H and O–H groups in total. The average molecular weight is 1140 g/mol. The third-order valence-corrected chi connectivity index (χ3v) is 12.5. The number of aromatic nitrogens is 8. The van der Waals surface area contributed by atoms with Crippen molar-refractivity contribution in [2.45, 2.75) is 65.6 Å². The molecule has 80 heavy (non-hydrogen) atoms. The van der Waals surface area contributed by atoms with E-state index in [4.69, 9.17) is 25.8 Å². The number of fused-ring (bicyclic) bond motifs is 2. The number of piperidine rings is 2. The van der Waals surface area contributed by atoms with Gasteiger partial charge in [-0.15, -0.1) is 12.4 Å². The van der Waals surface area contributed by atoms with E-state index in [1.165, 1.54) is 12.7 Å². The summed E-state index contributed by atoms with van der Waals surface area (Å²) >= 11 is 4.72. The molecule has 4 aromatic carbocycles. The number of hydrogen-bond donors (Lipinski definition) is 9. The topological polar surface area (TPSA) is 317 Å². The van der Waals surface area contributed by atoms with Crippen LogP contribution in [-0.4, -0.2) is 132 Å². The van der Waals surface area contributed by atoms with Crippen molar-refractivity contribution in [1.82, 2.24) is 50.1 Å². The van der Waals surface area contributed by atoms with Crippen molar-refractivity contribution in [3.8, 4) is 11.5 Å². The van der Waals surface area contributed by atoms with Crippen LogP contribution in [0.15, 0.2) is 97.6 Å². The van der Waals surface area contributed by atoms with E-state index >= 15 is 0 Å². The molecule has 0 unspecified atom stereocenters. The number of H-pyrrole nitrogens is 4. The molecule has 2 fully saturated rings. The molecule has 6 heterocycles. The highest BCUT2D eigenvalue weighted by atomic mass is 35.5. The Morgan fingerprint density at radius 1 is 0.600 bits per heavy atom. The van der Waals surface area contributed by atoms with Crippen molar-refractivity contribution in [1.29, 1.82) is 0 Å². The van der Waals surface area contributed by atoms with Crippen LogP contribution in [0.1, 0.15) is 92.6 Å². The molecule has 0 aliphatic carbocycles. The molecular weight excluding hydrogens is 1080 g/mol. The monoisotopic (exact) mass is 1130 g/mol. The molecule has 24 nitrogen and oxygen atoms in total. The molecule has 420 valence electrons. The number of nitrogens with zero attached hydrogens (tertiary/aromatic N) is 5. The van der Waals surface area contributed by atoms with Crippen LogP contribution in [0.2, 0.25) is 0 Å². The maximum Gasteiger partial charge on any atom is 0.409 e. The number of nitrogens with one attached hydrogen (secondary N) is 9. The second-order valence-corrected chi connectivity index (χ2v) is 18.3. The van der Waals surface area contributed by atoms with Gasteiger partial charge in [0.15, 0.2) is 11.4 Å². The zero-order valence-corrected chi connectivity index (χ0v) is 45.6. The Balaban J connectivity index is 0.000000209. The lowest BCUT2D eigenvalue weighted by Crippen LogP contribution is -2.42. The van der Waals surface area contributed by atoms with Crippen molar-refractivity contribution in [3.63, 3.8) is 0 Å². The number of imidazole rings is 4. The summed E-state index contributed by atoms with van der Waals surface area (Å²) in [4.78, 5) is 103. The molecule has 8 aromatic rings. The molecule has 10 rings (SSSR count). The predicted octanol–water partition coefficient (Wildman–Crippen LogP) is 9.13. The molecule has 5 amide bonds. The Kier molecular flexibility index (Phi) is 20.6. The lowest BCUT2D eigenvalue weighted by atomic mass is 10.1. The van der Waals surface area contributed by atoms with Gasteiger partial charge in [0, 0.05) is 48.9 Å². The Hall–Kier alpha value is -9.00. The highest BCUT2D eigenvalue weighted by molar-refractivity contribution is 6.61. The molecule has 4 aromatic heterocycles. The van der Waals surface area contributed by atoms with Crippen molar-refractivity contribution in [3.05, 3.63) is 131 Å². The number of aromatic amines is 4. The molecule has 2 aliphatic heterocycles. The van der Waals surface area contributed by atoms with Crippen molar-refractivity contribution in [2.75, 3.05) is 60.7 Å². The number of benzene rings is 4. The highest BCUT2D eigenvalue weighted by Gasteiger charge is 2.27. The fourth-order valence-corrected chi connectivity index (χ4v) is 8.60. The Morgan fingerprint density at radius 2 is 1.05 bits per heavy atom. The van der Waals surface area contributed by atoms with E-state index in [0.29, 0.717) is 61.8 Å². The molecule has 0 radical (unpaired) electrons. The molecule has 2 aliphatic rings. The number of hydrogen-bond acceptors (Lipinski definition) is 15. The zero-order chi connectivity index (χ0) is 55.8. The third-order valence-electron chi connectivity index (χ3n) is 12.4. The number of ether oxygens (including phenoxy) is 4. The fraction of sp³-hybridized carbons (Fsp3) is 0.296. The van der Waals surface area contributed by atoms with E-state index in [9.17, 15) is 28.8 Å². The number of amides is 5. The van der Waals surface area contributed by atoms with Gasteiger partial charge in [-0.25, -0.2) is 29.5 Å². The smallest absolute Gasteiger partial charge is 0.409 e. The Bertz CT molecular complexity index is 3370. The van der Waals surface area contributed by atoms with Crippen LogP contribution in [0.3, 0.4) is 0 Å². The van der Waals surface area contributed by atoms with E-state index in [1.807, 2.05) is 80.6 Å². The SMILES string of the molecule is CCOC(=O)Cl.CCOC(=O)N1CCC(Oc2ccc(NC(=O)c3nc[nH]c3C(=O)Nc3nc4ccccc4[nH]3)c(C)c2)CC1.Cc1cc(OC2CCNCC2)ccc1NC(=O)c1nc[nH]c1C(=O)Nc1nc2ccccc2[nH]1.Cl. The van der Waals surface area contributed by atoms with Gasteiger partial charge < -0.3 is 59.7 Å². The van der Waals surface area contributed by atoms with Gasteiger partial charge in [0.25, 0.3) is 23.6 Å². The van der Waals surface area contributed by atoms with Gasteiger partial charge in [-0.05, 0) is 125 Å². The summed E-state index contributed by atoms with van der Waals surface area (Å²) in [5.41, 5.74) is 5.09. The number of likely N-dealkylation sites (tertiary alicyclic amines) is 1. The first-order valence-electron chi connectivity index (χ1n) is 25.5. The number of carbonyl (C=O) groups is 6. The molecular formula is C54H60Cl2N14O10. The first-order valence-corrected chi connectivity index (χ1v) is 25.8. The van der Waals surface area contributed by atoms with Crippen LogP contribution in [0.4, 0.5) is 32.9 Å². The van der Waals surface area contributed by atoms with Gasteiger partial charge in [0.1, 0.15) is 35.1 Å². The Morgan fingerprint density at radius 3 is 1.46 bits per heavy atom. The van der Waals surface area contributed by atoms with Crippen LogP contribution in [0.25, 0.3) is 22.1 Å². The standard InChI is InChI=1S/C27H29N7O5.C24H25N7O3.C3H5ClO2.ClH/c1-3-38-27(37)34-12-10-17(11-13-34)39-18-8-9-19(16(2)14-18)30-24(35)22-23(29-15-28-22)25(36)33-26-31-20-6-4-5-7-21(20)32-26;1-14-12-16(34-15-8-10-25-11-9-15)6-7-17(14)28-22(32)20-21(27-13-26-20)23(33)31-24-29-18-4-2-3-5-19(18)30-24;1-2-6-3(4)5;/h4-9,14-15,17H,3,10-13H2,1-2H3,(H,28,29)(H,30,35)(H2,31,32,33,36);2-7,12-13,15,25H,8-11H2,1H3,(H,26,27)(H,28,32)(H2,29,30,31,33);2H2,1H3;1H. The second-order valence-electron chi connectivity index (χ2n) is 18.0. The van der Waals surface area contributed by atoms with Crippen molar-refractivity contribution < 1.29 is 47.7 Å². The summed E-state index contributed by atoms with van der Waals surface area (Å²) < 4.78 is 21.4. The van der Waals surface area contributed by atoms with Gasteiger partial charge in [-0.3, -0.25) is 29.8 Å². The summed E-state index contributed by atoms with van der Waals surface area (Å²) in [6.07, 6.45) is 5.82. The van der Waals surface area contributed by atoms with Crippen LogP contribution in [-0.2, 0) is 9.47 Å². The number of halogens is 2. The lowest BCUT2D eigenvalue weighted by molar-refractivity contribution is 0.0702. The van der Waals surface area contributed by atoms with Crippen molar-refractivity contribution in [2.24, 2.45) is 0 Å². The quantitative estimate of drug-likeness (QED) is 0.0458. The highest BCUT2D eigenvalue weighted by Crippen LogP contribution is 2.27. The van der Waals surface area contributed by atoms with E-state index in [2.05, 4.69) is 71.2 Å². The third kappa shape index (κ3) is 15.6. The molecule has 26 heteroatoms. The van der Waals surface area contributed by atoms with E-state index < -0.39 is 29.1 Å². The van der Waals surface area contributed by atoms with Crippen LogP contribution in [0.5, 0.6) is 11.5 Å². The summed E-state index contributed by atoms with van der Waals surface area (Å²) in [5, 5.41) is 14.3. The minimum atomic E-state index is -0.738. The van der Waals surface area contributed by atoms with Gasteiger partial charge in [0.05, 0.1) is 47.9 Å². The number of anilines is 4.